The first-order chi connectivity index (χ1) is 27.3. The van der Waals surface area contributed by atoms with Gasteiger partial charge in [0.2, 0.25) is 0 Å². The zero-order chi connectivity index (χ0) is 42.3. The number of carbonyl (C=O) groups excluding carboxylic acids is 2. The molecular weight excluding hydrogens is 833 g/mol. The van der Waals surface area contributed by atoms with Crippen molar-refractivity contribution < 1.29 is 62.7 Å². The van der Waals surface area contributed by atoms with Crippen molar-refractivity contribution in [3.63, 3.8) is 0 Å². The normalized spacial score (nSPS) is 25.1. The molecule has 2 aliphatic heterocycles. The summed E-state index contributed by atoms with van der Waals surface area (Å²) in [5, 5.41) is -0.822. The SMILES string of the molecule is CC(=O)O[C@H]1[C@H](OSC(C)(C)C)[C@@H](Sc2ccccc2)[C@@H](O[C@@H]2C=CO[C@H](COS(=O)(=O)c3ccc(C)cc3)[C@H]2OC(C)=O)O[C@@H]1COS(=O)(=O)c1ccc(C)cc1. The molecule has 0 aromatic heterocycles. The van der Waals surface area contributed by atoms with Crippen LogP contribution in [0.3, 0.4) is 0 Å². The number of hydrogen-bond acceptors (Lipinski definition) is 16. The maximum absolute atomic E-state index is 13.4. The van der Waals surface area contributed by atoms with E-state index in [-0.39, 0.29) is 9.79 Å². The second kappa shape index (κ2) is 19.7. The Morgan fingerprint density at radius 3 is 1.74 bits per heavy atom. The Hall–Kier alpha value is -3.46. The molecule has 0 aliphatic carbocycles. The minimum absolute atomic E-state index is 0.0724. The van der Waals surface area contributed by atoms with Gasteiger partial charge in [0.05, 0.1) is 27.9 Å². The molecule has 2 heterocycles. The molecule has 0 radical (unpaired) electrons. The molecule has 8 atom stereocenters. The number of hydrogen-bond donors (Lipinski definition) is 0. The highest BCUT2D eigenvalue weighted by Gasteiger charge is 2.52. The van der Waals surface area contributed by atoms with E-state index >= 15 is 0 Å². The van der Waals surface area contributed by atoms with E-state index in [4.69, 9.17) is 36.2 Å². The molecule has 1 fully saturated rings. The third-order valence-corrected chi connectivity index (χ3v) is 13.2. The van der Waals surface area contributed by atoms with Gasteiger partial charge < -0.3 is 27.9 Å². The third kappa shape index (κ3) is 12.8. The van der Waals surface area contributed by atoms with Gasteiger partial charge in [-0.15, -0.1) is 11.8 Å². The summed E-state index contributed by atoms with van der Waals surface area (Å²) in [5.74, 6) is -1.39. The highest BCUT2D eigenvalue weighted by molar-refractivity contribution is 8.00. The Balaban J connectivity index is 1.50. The topological polar surface area (TPSA) is 176 Å². The fraction of sp³-hybridized carbons (Fsp3) is 0.450. The van der Waals surface area contributed by atoms with Gasteiger partial charge >= 0.3 is 11.9 Å². The molecule has 18 heteroatoms. The molecule has 58 heavy (non-hydrogen) atoms. The van der Waals surface area contributed by atoms with E-state index in [0.29, 0.717) is 0 Å². The van der Waals surface area contributed by atoms with Gasteiger partial charge in [-0.05, 0) is 89.1 Å². The van der Waals surface area contributed by atoms with Crippen LogP contribution in [0.2, 0.25) is 0 Å². The van der Waals surface area contributed by atoms with Crippen LogP contribution in [0.1, 0.15) is 45.7 Å². The molecule has 316 valence electrons. The average molecular weight is 881 g/mol. The number of esters is 2. The lowest BCUT2D eigenvalue weighted by Crippen LogP contribution is -2.61. The van der Waals surface area contributed by atoms with Crippen LogP contribution in [0.25, 0.3) is 0 Å². The first kappa shape index (κ1) is 45.6. The monoisotopic (exact) mass is 880 g/mol. The number of carbonyl (C=O) groups is 2. The first-order valence-corrected chi connectivity index (χ1v) is 22.7. The standard InChI is InChI=1S/C40H48O14S4/c1-25-13-17-30(18-14-25)57(43,44)48-23-33-35(50-27(3)41)32(21-22-47-33)52-39-38(55-29-11-9-8-10-12-29)37(54-56-40(5,6)7)36(51-28(4)42)34(53-39)24-49-58(45,46)31-19-15-26(2)16-20-31/h8-22,32-39H,23-24H2,1-7H3/t32-,33-,34-,35+,36-,37+,38-,39+/m1/s1. The molecule has 0 spiro atoms. The van der Waals surface area contributed by atoms with E-state index in [1.54, 1.807) is 24.3 Å². The van der Waals surface area contributed by atoms with E-state index < -0.39 is 98.3 Å². The number of aryl methyl sites for hydroxylation is 2. The van der Waals surface area contributed by atoms with Crippen molar-refractivity contribution in [2.24, 2.45) is 0 Å². The van der Waals surface area contributed by atoms with Gasteiger partial charge in [-0.3, -0.25) is 18.0 Å². The van der Waals surface area contributed by atoms with Crippen LogP contribution in [0.15, 0.2) is 106 Å². The van der Waals surface area contributed by atoms with E-state index in [1.165, 1.54) is 62.2 Å². The zero-order valence-corrected chi connectivity index (χ0v) is 36.3. The lowest BCUT2D eigenvalue weighted by Gasteiger charge is -2.46. The number of thioether (sulfide) groups is 1. The first-order valence-electron chi connectivity index (χ1n) is 18.3. The van der Waals surface area contributed by atoms with Crippen LogP contribution in [0.5, 0.6) is 0 Å². The van der Waals surface area contributed by atoms with E-state index in [0.717, 1.165) is 28.1 Å². The van der Waals surface area contributed by atoms with E-state index in [1.807, 2.05) is 65.0 Å². The smallest absolute Gasteiger partial charge is 0.303 e. The Morgan fingerprint density at radius 1 is 0.707 bits per heavy atom. The molecule has 0 saturated carbocycles. The quantitative estimate of drug-likeness (QED) is 0.0890. The van der Waals surface area contributed by atoms with Gasteiger partial charge in [-0.2, -0.15) is 16.8 Å². The predicted molar refractivity (Wildman–Crippen MR) is 216 cm³/mol. The molecule has 0 N–H and O–H groups in total. The Bertz CT molecular complexity index is 2090. The van der Waals surface area contributed by atoms with Crippen molar-refractivity contribution in [1.29, 1.82) is 0 Å². The van der Waals surface area contributed by atoms with Crippen LogP contribution in [0, 0.1) is 13.8 Å². The van der Waals surface area contributed by atoms with Crippen molar-refractivity contribution in [3.05, 3.63) is 102 Å². The molecule has 14 nitrogen and oxygen atoms in total. The van der Waals surface area contributed by atoms with Gasteiger partial charge in [0.1, 0.15) is 24.9 Å². The summed E-state index contributed by atoms with van der Waals surface area (Å²) in [4.78, 5) is 25.8. The molecule has 1 saturated heterocycles. The molecule has 0 unspecified atom stereocenters. The van der Waals surface area contributed by atoms with Gasteiger partial charge in [-0.1, -0.05) is 53.6 Å². The van der Waals surface area contributed by atoms with Crippen LogP contribution in [-0.4, -0.2) is 94.9 Å². The summed E-state index contributed by atoms with van der Waals surface area (Å²) in [6.45, 7) is 10.7. The number of rotatable bonds is 16. The second-order valence-corrected chi connectivity index (χ2v) is 20.6. The maximum Gasteiger partial charge on any atom is 0.303 e. The summed E-state index contributed by atoms with van der Waals surface area (Å²) < 4.78 is 100. The molecular formula is C40H48O14S4. The third-order valence-electron chi connectivity index (χ3n) is 8.52. The number of benzene rings is 3. The van der Waals surface area contributed by atoms with Crippen LogP contribution in [0.4, 0.5) is 0 Å². The Kier molecular flexibility index (Phi) is 15.5. The lowest BCUT2D eigenvalue weighted by molar-refractivity contribution is -0.271. The lowest BCUT2D eigenvalue weighted by atomic mass is 10.0. The summed E-state index contributed by atoms with van der Waals surface area (Å²) in [6.07, 6.45) is -5.59. The summed E-state index contributed by atoms with van der Waals surface area (Å²) >= 11 is 2.42. The zero-order valence-electron chi connectivity index (χ0n) is 33.0. The van der Waals surface area contributed by atoms with Crippen LogP contribution >= 0.6 is 23.8 Å². The molecule has 0 bridgehead atoms. The molecule has 5 rings (SSSR count). The number of ether oxygens (including phenoxy) is 5. The minimum atomic E-state index is -4.32. The van der Waals surface area contributed by atoms with E-state index in [9.17, 15) is 26.4 Å². The van der Waals surface area contributed by atoms with Crippen molar-refractivity contribution >= 4 is 56.0 Å². The second-order valence-electron chi connectivity index (χ2n) is 14.6. The fourth-order valence-corrected chi connectivity index (χ4v) is 9.52. The average Bonchev–Trinajstić information content (AvgIpc) is 3.15. The van der Waals surface area contributed by atoms with Crippen LogP contribution < -0.4 is 0 Å². The highest BCUT2D eigenvalue weighted by Crippen LogP contribution is 2.42. The molecule has 2 aliphatic rings. The predicted octanol–water partition coefficient (Wildman–Crippen LogP) is 6.29. The largest absolute Gasteiger partial charge is 0.492 e. The Morgan fingerprint density at radius 2 is 1.22 bits per heavy atom. The maximum atomic E-state index is 13.4. The molecule has 0 amide bonds. The van der Waals surface area contributed by atoms with Crippen molar-refractivity contribution in [2.75, 3.05) is 13.2 Å². The van der Waals surface area contributed by atoms with Crippen LogP contribution in [-0.2, 0) is 66.1 Å². The summed E-state index contributed by atoms with van der Waals surface area (Å²) in [5.41, 5.74) is 1.70. The molecule has 3 aromatic carbocycles. The Labute approximate surface area is 348 Å². The van der Waals surface area contributed by atoms with Gasteiger partial charge in [0, 0.05) is 23.5 Å². The summed E-state index contributed by atoms with van der Waals surface area (Å²) in [7, 11) is -8.56. The summed E-state index contributed by atoms with van der Waals surface area (Å²) in [6, 6.07) is 21.4. The highest BCUT2D eigenvalue weighted by atomic mass is 32.2. The van der Waals surface area contributed by atoms with Crippen molar-refractivity contribution in [3.8, 4) is 0 Å². The van der Waals surface area contributed by atoms with Gasteiger partial charge in [0.25, 0.3) is 20.2 Å². The van der Waals surface area contributed by atoms with Gasteiger partial charge in [-0.25, -0.2) is 0 Å². The fourth-order valence-electron chi connectivity index (χ4n) is 5.77. The van der Waals surface area contributed by atoms with Gasteiger partial charge in [0.15, 0.2) is 24.6 Å². The van der Waals surface area contributed by atoms with Crippen molar-refractivity contribution in [1.82, 2.24) is 0 Å². The van der Waals surface area contributed by atoms with Crippen molar-refractivity contribution in [2.45, 2.75) is 116 Å². The molecule has 3 aromatic rings. The van der Waals surface area contributed by atoms with E-state index in [2.05, 4.69) is 0 Å². The minimum Gasteiger partial charge on any atom is -0.492 e.